The summed E-state index contributed by atoms with van der Waals surface area (Å²) in [5.74, 6) is 11.3. The van der Waals surface area contributed by atoms with E-state index in [4.69, 9.17) is 18.9 Å². The number of benzene rings is 2. The van der Waals surface area contributed by atoms with E-state index in [1.54, 1.807) is 11.1 Å². The topological polar surface area (TPSA) is 71.1 Å². The molecule has 0 aromatic heterocycles. The molecule has 0 spiro atoms. The molecule has 2 aromatic rings. The Morgan fingerprint density at radius 3 is 1.17 bits per heavy atom. The second kappa shape index (κ2) is 29.2. The summed E-state index contributed by atoms with van der Waals surface area (Å²) in [5.41, 5.74) is 5.93. The van der Waals surface area contributed by atoms with Crippen molar-refractivity contribution < 1.29 is 28.5 Å². The molecule has 2 unspecified atom stereocenters. The standard InChI is InChI=1S/C80H122O6/c1-55(2)23-21-25-57(5)69-39-41-71-67-37-31-61-53-65(43-47-77(61,7)73(67)45-49-79(69,71)9)85-75(81)59-27-33-63(34-28-59)83-51-19-17-15-13-11-12-14-16-18-20-52-84-64-35-29-60(30-36-64)76(82)86-66-44-48-78(8)62(54-66)32-38-68-72-42-40-70(58(6)26-22-24-56(3)4)80(72,10)50-46-74(68)78/h27-36,55-58,65-74H,11-26,37-54H2,1-10H3/t57-,58-,65?,66?,67+,68+,69-,70-,71+,72+,73+,74+,77+,78+,79-,80-/m1/s1. The molecule has 0 N–H and O–H groups in total. The lowest BCUT2D eigenvalue weighted by Crippen LogP contribution is -2.51. The number of hydrogen-bond donors (Lipinski definition) is 0. The second-order valence-electron chi connectivity index (χ2n) is 32.4. The highest BCUT2D eigenvalue weighted by molar-refractivity contribution is 5.90. The molecular formula is C80H122O6. The summed E-state index contributed by atoms with van der Waals surface area (Å²) in [6.07, 6.45) is 45.3. The zero-order chi connectivity index (χ0) is 60.6. The quantitative estimate of drug-likeness (QED) is 0.0459. The smallest absolute Gasteiger partial charge is 0.338 e. The van der Waals surface area contributed by atoms with Crippen molar-refractivity contribution in [2.45, 2.75) is 287 Å². The summed E-state index contributed by atoms with van der Waals surface area (Å²) in [4.78, 5) is 26.9. The predicted molar refractivity (Wildman–Crippen MR) is 355 cm³/mol. The molecule has 8 aliphatic carbocycles. The van der Waals surface area contributed by atoms with Crippen LogP contribution in [-0.2, 0) is 9.47 Å². The van der Waals surface area contributed by atoms with E-state index in [1.165, 1.54) is 154 Å². The molecule has 0 saturated heterocycles. The Balaban J connectivity index is 0.540. The molecule has 0 amide bonds. The first-order valence-electron chi connectivity index (χ1n) is 36.7. The van der Waals surface area contributed by atoms with Crippen LogP contribution in [0.1, 0.15) is 295 Å². The van der Waals surface area contributed by atoms with Crippen molar-refractivity contribution in [3.63, 3.8) is 0 Å². The third-order valence-electron chi connectivity index (χ3n) is 26.3. The van der Waals surface area contributed by atoms with Crippen LogP contribution in [-0.4, -0.2) is 37.4 Å². The van der Waals surface area contributed by atoms with Gasteiger partial charge in [0.15, 0.2) is 0 Å². The molecule has 0 bridgehead atoms. The molecular weight excluding hydrogens is 1060 g/mol. The average molecular weight is 1180 g/mol. The van der Waals surface area contributed by atoms with Crippen molar-refractivity contribution in [2.75, 3.05) is 13.2 Å². The largest absolute Gasteiger partial charge is 0.494 e. The lowest BCUT2D eigenvalue weighted by Gasteiger charge is -2.58. The van der Waals surface area contributed by atoms with Crippen molar-refractivity contribution >= 4 is 11.9 Å². The van der Waals surface area contributed by atoms with Crippen LogP contribution in [0.5, 0.6) is 11.5 Å². The summed E-state index contributed by atoms with van der Waals surface area (Å²) in [6.45, 7) is 26.6. The lowest BCUT2D eigenvalue weighted by atomic mass is 9.47. The molecule has 16 atom stereocenters. The summed E-state index contributed by atoms with van der Waals surface area (Å²) in [6, 6.07) is 15.3. The molecule has 2 aromatic carbocycles. The number of carbonyl (C=O) groups is 2. The van der Waals surface area contributed by atoms with Crippen LogP contribution >= 0.6 is 0 Å². The number of rotatable bonds is 29. The van der Waals surface area contributed by atoms with Gasteiger partial charge in [0.1, 0.15) is 23.7 Å². The zero-order valence-corrected chi connectivity index (χ0v) is 56.3. The van der Waals surface area contributed by atoms with E-state index >= 15 is 0 Å². The fourth-order valence-electron chi connectivity index (χ4n) is 21.3. The minimum atomic E-state index is -0.198. The van der Waals surface area contributed by atoms with Gasteiger partial charge in [-0.2, -0.15) is 0 Å². The molecule has 478 valence electrons. The average Bonchev–Trinajstić information content (AvgIpc) is 1.42. The van der Waals surface area contributed by atoms with Crippen LogP contribution in [0.15, 0.2) is 71.8 Å². The third kappa shape index (κ3) is 14.8. The van der Waals surface area contributed by atoms with E-state index in [9.17, 15) is 9.59 Å². The lowest BCUT2D eigenvalue weighted by molar-refractivity contribution is -0.0594. The Bertz CT molecular complexity index is 2380. The van der Waals surface area contributed by atoms with Gasteiger partial charge < -0.3 is 18.9 Å². The maximum absolute atomic E-state index is 13.4. The molecule has 6 fully saturated rings. The minimum absolute atomic E-state index is 0.0332. The SMILES string of the molecule is CC(C)CCC[C@@H](C)[C@H]1CC[C@H]2[C@@H]3CC=C4CC(OC(=O)c5ccc(OCCCCCCCCCCCCOc6ccc(C(=O)OC7CC[C@@]8(C)C(=CC[C@H]9[C@@H]%10CC[C@H]([C@H](C)CCCC(C)C)[C@@]%10(C)CC[C@@H]98)C7)cc6)cc5)CC[C@]4(C)[C@H]3CC[C@]12C. The molecule has 6 saturated carbocycles. The van der Waals surface area contributed by atoms with Gasteiger partial charge in [-0.3, -0.25) is 0 Å². The number of hydrogen-bond acceptors (Lipinski definition) is 6. The Morgan fingerprint density at radius 2 is 0.802 bits per heavy atom. The highest BCUT2D eigenvalue weighted by Gasteiger charge is 2.61. The molecule has 6 heteroatoms. The Kier molecular flexibility index (Phi) is 22.2. The predicted octanol–water partition coefficient (Wildman–Crippen LogP) is 22.2. The van der Waals surface area contributed by atoms with Gasteiger partial charge in [0, 0.05) is 12.8 Å². The Labute approximate surface area is 525 Å². The summed E-state index contributed by atoms with van der Waals surface area (Å²) < 4.78 is 24.7. The summed E-state index contributed by atoms with van der Waals surface area (Å²) in [5, 5.41) is 0. The Morgan fingerprint density at radius 1 is 0.430 bits per heavy atom. The molecule has 86 heavy (non-hydrogen) atoms. The fourth-order valence-corrected chi connectivity index (χ4v) is 21.3. The monoisotopic (exact) mass is 1180 g/mol. The van der Waals surface area contributed by atoms with E-state index in [1.807, 2.05) is 48.5 Å². The zero-order valence-electron chi connectivity index (χ0n) is 56.3. The highest BCUT2D eigenvalue weighted by Crippen LogP contribution is 2.69. The van der Waals surface area contributed by atoms with E-state index in [0.717, 1.165) is 134 Å². The molecule has 6 nitrogen and oxygen atoms in total. The van der Waals surface area contributed by atoms with Crippen molar-refractivity contribution in [2.24, 2.45) is 92.7 Å². The van der Waals surface area contributed by atoms with Gasteiger partial charge >= 0.3 is 11.9 Å². The first-order valence-corrected chi connectivity index (χ1v) is 36.7. The number of allylic oxidation sites excluding steroid dienone is 2. The van der Waals surface area contributed by atoms with Gasteiger partial charge in [-0.05, 0) is 244 Å². The van der Waals surface area contributed by atoms with Crippen LogP contribution in [0.25, 0.3) is 0 Å². The highest BCUT2D eigenvalue weighted by atomic mass is 16.5. The molecule has 10 rings (SSSR count). The van der Waals surface area contributed by atoms with Gasteiger partial charge in [-0.25, -0.2) is 9.59 Å². The maximum atomic E-state index is 13.4. The van der Waals surface area contributed by atoms with Gasteiger partial charge in [-0.15, -0.1) is 0 Å². The van der Waals surface area contributed by atoms with Crippen LogP contribution in [0.2, 0.25) is 0 Å². The van der Waals surface area contributed by atoms with Crippen molar-refractivity contribution in [1.82, 2.24) is 0 Å². The normalized spacial score (nSPS) is 34.3. The molecule has 0 radical (unpaired) electrons. The first kappa shape index (κ1) is 65.4. The summed E-state index contributed by atoms with van der Waals surface area (Å²) >= 11 is 0. The van der Waals surface area contributed by atoms with Crippen LogP contribution < -0.4 is 9.47 Å². The fraction of sp³-hybridized carbons (Fsp3) is 0.775. The number of ether oxygens (including phenoxy) is 4. The Hall–Kier alpha value is -3.54. The number of fused-ring (bicyclic) bond motifs is 10. The van der Waals surface area contributed by atoms with Gasteiger partial charge in [0.2, 0.25) is 0 Å². The van der Waals surface area contributed by atoms with Gasteiger partial charge in [0.25, 0.3) is 0 Å². The number of esters is 2. The molecule has 8 aliphatic rings. The molecule has 0 aliphatic heterocycles. The second-order valence-corrected chi connectivity index (χ2v) is 32.4. The van der Waals surface area contributed by atoms with Crippen molar-refractivity contribution in [3.8, 4) is 11.5 Å². The van der Waals surface area contributed by atoms with Crippen molar-refractivity contribution in [1.29, 1.82) is 0 Å². The number of unbranched alkanes of at least 4 members (excludes halogenated alkanes) is 9. The van der Waals surface area contributed by atoms with E-state index < -0.39 is 0 Å². The first-order chi connectivity index (χ1) is 41.4. The maximum Gasteiger partial charge on any atom is 0.338 e. The number of carbonyl (C=O) groups excluding carboxylic acids is 2. The van der Waals surface area contributed by atoms with E-state index in [2.05, 4.69) is 81.4 Å². The summed E-state index contributed by atoms with van der Waals surface area (Å²) in [7, 11) is 0. The van der Waals surface area contributed by atoms with Crippen LogP contribution in [0, 0.1) is 92.7 Å². The van der Waals surface area contributed by atoms with Gasteiger partial charge in [-0.1, -0.05) is 182 Å². The van der Waals surface area contributed by atoms with Crippen molar-refractivity contribution in [3.05, 3.63) is 83.0 Å². The third-order valence-corrected chi connectivity index (χ3v) is 26.3. The molecule has 0 heterocycles. The minimum Gasteiger partial charge on any atom is -0.494 e. The van der Waals surface area contributed by atoms with Crippen LogP contribution in [0.3, 0.4) is 0 Å². The van der Waals surface area contributed by atoms with Gasteiger partial charge in [0.05, 0.1) is 24.3 Å². The van der Waals surface area contributed by atoms with E-state index in [-0.39, 0.29) is 35.0 Å². The van der Waals surface area contributed by atoms with Crippen LogP contribution in [0.4, 0.5) is 0 Å². The van der Waals surface area contributed by atoms with E-state index in [0.29, 0.717) is 35.2 Å².